The highest BCUT2D eigenvalue weighted by molar-refractivity contribution is 5.75. The van der Waals surface area contributed by atoms with E-state index in [0.29, 0.717) is 5.56 Å². The normalized spacial score (nSPS) is 9.58. The molecular formula is C10H6NO. The highest BCUT2D eigenvalue weighted by Crippen LogP contribution is 2.08. The monoisotopic (exact) mass is 156 g/mol. The van der Waals surface area contributed by atoms with Crippen LogP contribution in [0.4, 0.5) is 0 Å². The number of nitriles is 1. The number of allylic oxidation sites excluding steroid dienone is 1. The van der Waals surface area contributed by atoms with E-state index in [-0.39, 0.29) is 0 Å². The molecule has 0 spiro atoms. The number of rotatable bonds is 2. The number of nitrogens with zero attached hydrogens (tertiary/aromatic N) is 1. The van der Waals surface area contributed by atoms with E-state index in [1.165, 1.54) is 6.08 Å². The molecule has 0 bridgehead atoms. The fraction of sp³-hybridized carbons (Fsp3) is 0. The van der Waals surface area contributed by atoms with Crippen LogP contribution in [0.3, 0.4) is 0 Å². The Balaban J connectivity index is 3.07. The van der Waals surface area contributed by atoms with Crippen molar-refractivity contribution in [3.63, 3.8) is 0 Å². The third-order valence-electron chi connectivity index (χ3n) is 1.41. The Kier molecular flexibility index (Phi) is 2.80. The third kappa shape index (κ3) is 1.80. The average molecular weight is 156 g/mol. The highest BCUT2D eigenvalue weighted by atomic mass is 16.1. The van der Waals surface area contributed by atoms with Crippen molar-refractivity contribution < 1.29 is 4.79 Å². The van der Waals surface area contributed by atoms with Gasteiger partial charge in [-0.1, -0.05) is 18.2 Å². The number of hydrogen-bond donors (Lipinski definition) is 0. The average Bonchev–Trinajstić information content (AvgIpc) is 2.15. The molecule has 0 fully saturated rings. The predicted molar refractivity (Wildman–Crippen MR) is 45.9 cm³/mol. The minimum absolute atomic E-state index is 0.559. The van der Waals surface area contributed by atoms with Crippen LogP contribution in [0.2, 0.25) is 0 Å². The molecule has 0 atom stereocenters. The zero-order valence-electron chi connectivity index (χ0n) is 6.32. The van der Waals surface area contributed by atoms with Crippen molar-refractivity contribution in [1.82, 2.24) is 0 Å². The molecule has 1 rings (SSSR count). The smallest absolute Gasteiger partial charge is 0.225 e. The summed E-state index contributed by atoms with van der Waals surface area (Å²) in [5.41, 5.74) is 1.30. The van der Waals surface area contributed by atoms with Gasteiger partial charge in [0, 0.05) is 0 Å². The molecule has 1 aromatic carbocycles. The van der Waals surface area contributed by atoms with Crippen LogP contribution in [0, 0.1) is 11.3 Å². The summed E-state index contributed by atoms with van der Waals surface area (Å²) in [6.07, 6.45) is 4.43. The van der Waals surface area contributed by atoms with E-state index in [1.54, 1.807) is 30.6 Å². The van der Waals surface area contributed by atoms with E-state index in [2.05, 4.69) is 0 Å². The number of benzene rings is 1. The van der Waals surface area contributed by atoms with Gasteiger partial charge in [-0.25, -0.2) is 0 Å². The molecule has 57 valence electrons. The first-order chi connectivity index (χ1) is 5.88. The van der Waals surface area contributed by atoms with E-state index in [9.17, 15) is 4.79 Å². The minimum Gasteiger partial charge on any atom is -0.286 e. The summed E-state index contributed by atoms with van der Waals surface area (Å²) in [6.45, 7) is 0. The molecule has 0 saturated heterocycles. The second-order valence-corrected chi connectivity index (χ2v) is 2.15. The van der Waals surface area contributed by atoms with Crippen LogP contribution >= 0.6 is 0 Å². The van der Waals surface area contributed by atoms with Crippen LogP contribution in [0.1, 0.15) is 11.1 Å². The SMILES string of the molecule is N#Cc1ccccc1/C=C/[C]=O. The molecule has 0 N–H and O–H groups in total. The predicted octanol–water partition coefficient (Wildman–Crippen LogP) is 1.68. The number of hydrogen-bond acceptors (Lipinski definition) is 2. The minimum atomic E-state index is 0.559. The van der Waals surface area contributed by atoms with Crippen molar-refractivity contribution in [3.05, 3.63) is 41.5 Å². The van der Waals surface area contributed by atoms with E-state index < -0.39 is 0 Å². The standard InChI is InChI=1S/C10H6NO/c11-8-10-5-2-1-4-9(10)6-3-7-12/h1-6H/b6-3+. The van der Waals surface area contributed by atoms with Gasteiger partial charge in [-0.3, -0.25) is 4.79 Å². The van der Waals surface area contributed by atoms with Crippen LogP contribution in [0.15, 0.2) is 30.3 Å². The summed E-state index contributed by atoms with van der Waals surface area (Å²) in [6, 6.07) is 9.08. The molecule has 12 heavy (non-hydrogen) atoms. The summed E-state index contributed by atoms with van der Waals surface area (Å²) >= 11 is 0. The lowest BCUT2D eigenvalue weighted by Crippen LogP contribution is -1.79. The zero-order chi connectivity index (χ0) is 8.81. The van der Waals surface area contributed by atoms with Gasteiger partial charge >= 0.3 is 0 Å². The second-order valence-electron chi connectivity index (χ2n) is 2.15. The molecule has 0 aliphatic carbocycles. The van der Waals surface area contributed by atoms with Crippen molar-refractivity contribution >= 4 is 12.4 Å². The van der Waals surface area contributed by atoms with E-state index in [4.69, 9.17) is 5.26 Å². The van der Waals surface area contributed by atoms with Crippen LogP contribution in [0.5, 0.6) is 0 Å². The maximum Gasteiger partial charge on any atom is 0.225 e. The van der Waals surface area contributed by atoms with Gasteiger partial charge in [-0.05, 0) is 23.8 Å². The van der Waals surface area contributed by atoms with Gasteiger partial charge in [-0.15, -0.1) is 0 Å². The first-order valence-electron chi connectivity index (χ1n) is 3.42. The van der Waals surface area contributed by atoms with E-state index >= 15 is 0 Å². The molecule has 2 heteroatoms. The summed E-state index contributed by atoms with van der Waals surface area (Å²) in [5, 5.41) is 8.64. The Hall–Kier alpha value is -1.88. The summed E-state index contributed by atoms with van der Waals surface area (Å²) in [4.78, 5) is 9.88. The van der Waals surface area contributed by atoms with E-state index in [0.717, 1.165) is 5.56 Å². The van der Waals surface area contributed by atoms with Crippen LogP contribution in [0.25, 0.3) is 6.08 Å². The van der Waals surface area contributed by atoms with E-state index in [1.807, 2.05) is 12.1 Å². The van der Waals surface area contributed by atoms with Crippen molar-refractivity contribution in [3.8, 4) is 6.07 Å². The Morgan fingerprint density at radius 3 is 2.75 bits per heavy atom. The third-order valence-corrected chi connectivity index (χ3v) is 1.41. The fourth-order valence-corrected chi connectivity index (χ4v) is 0.868. The number of carbonyl (C=O) groups excluding carboxylic acids is 1. The first kappa shape index (κ1) is 8.22. The van der Waals surface area contributed by atoms with Crippen molar-refractivity contribution in [2.75, 3.05) is 0 Å². The van der Waals surface area contributed by atoms with Crippen LogP contribution in [-0.2, 0) is 4.79 Å². The Bertz CT molecular complexity index is 347. The highest BCUT2D eigenvalue weighted by Gasteiger charge is 1.94. The van der Waals surface area contributed by atoms with Gasteiger partial charge in [0.05, 0.1) is 11.6 Å². The first-order valence-corrected chi connectivity index (χ1v) is 3.42. The molecule has 0 amide bonds. The quantitative estimate of drug-likeness (QED) is 0.611. The van der Waals surface area contributed by atoms with Gasteiger partial charge in [0.25, 0.3) is 0 Å². The van der Waals surface area contributed by atoms with Crippen molar-refractivity contribution in [2.45, 2.75) is 0 Å². The van der Waals surface area contributed by atoms with Gasteiger partial charge in [0.1, 0.15) is 0 Å². The summed E-state index contributed by atoms with van der Waals surface area (Å²) in [7, 11) is 0. The van der Waals surface area contributed by atoms with Crippen molar-refractivity contribution in [1.29, 1.82) is 5.26 Å². The largest absolute Gasteiger partial charge is 0.286 e. The Morgan fingerprint density at radius 2 is 2.08 bits per heavy atom. The zero-order valence-corrected chi connectivity index (χ0v) is 6.32. The van der Waals surface area contributed by atoms with Crippen molar-refractivity contribution in [2.24, 2.45) is 0 Å². The lowest BCUT2D eigenvalue weighted by molar-refractivity contribution is 0.564. The Morgan fingerprint density at radius 1 is 1.33 bits per heavy atom. The molecule has 1 radical (unpaired) electrons. The molecule has 1 aromatic rings. The maximum atomic E-state index is 9.88. The maximum absolute atomic E-state index is 9.88. The molecule has 0 aliphatic heterocycles. The molecule has 0 aliphatic rings. The van der Waals surface area contributed by atoms with Crippen LogP contribution in [-0.4, -0.2) is 6.29 Å². The van der Waals surface area contributed by atoms with Gasteiger partial charge < -0.3 is 0 Å². The van der Waals surface area contributed by atoms with Gasteiger partial charge in [0.15, 0.2) is 0 Å². The lowest BCUT2D eigenvalue weighted by Gasteiger charge is -1.93. The molecule has 2 nitrogen and oxygen atoms in total. The summed E-state index contributed by atoms with van der Waals surface area (Å²) in [5.74, 6) is 0. The molecule has 0 aromatic heterocycles. The Labute approximate surface area is 70.8 Å². The molecule has 0 heterocycles. The van der Waals surface area contributed by atoms with Crippen LogP contribution < -0.4 is 0 Å². The molecule has 0 unspecified atom stereocenters. The topological polar surface area (TPSA) is 40.9 Å². The van der Waals surface area contributed by atoms with Gasteiger partial charge in [-0.2, -0.15) is 5.26 Å². The lowest BCUT2D eigenvalue weighted by atomic mass is 10.1. The second kappa shape index (κ2) is 4.09. The summed E-state index contributed by atoms with van der Waals surface area (Å²) < 4.78 is 0. The fourth-order valence-electron chi connectivity index (χ4n) is 0.868. The molecular weight excluding hydrogens is 150 g/mol. The van der Waals surface area contributed by atoms with Gasteiger partial charge in [0.2, 0.25) is 6.29 Å². The molecule has 0 saturated carbocycles.